The number of nitrogens with zero attached hydrogens (tertiary/aromatic N) is 1. The van der Waals surface area contributed by atoms with Crippen molar-refractivity contribution in [2.45, 2.75) is 6.92 Å². The van der Waals surface area contributed by atoms with Gasteiger partial charge in [0, 0.05) is 10.6 Å². The van der Waals surface area contributed by atoms with Gasteiger partial charge in [0.1, 0.15) is 5.75 Å². The van der Waals surface area contributed by atoms with Crippen molar-refractivity contribution in [1.82, 2.24) is 10.7 Å². The van der Waals surface area contributed by atoms with Gasteiger partial charge >= 0.3 is 5.97 Å². The first-order valence-electron chi connectivity index (χ1n) is 9.65. The Morgan fingerprint density at radius 3 is 2.19 bits per heavy atom. The van der Waals surface area contributed by atoms with Gasteiger partial charge in [0.25, 0.3) is 11.8 Å². The Kier molecular flexibility index (Phi) is 7.72. The monoisotopic (exact) mass is 449 g/mol. The van der Waals surface area contributed by atoms with Crippen LogP contribution in [0.3, 0.4) is 0 Å². The number of benzene rings is 3. The molecule has 0 atom stereocenters. The lowest BCUT2D eigenvalue weighted by molar-refractivity contribution is -0.120. The number of carbonyl (C=O) groups excluding carboxylic acids is 3. The number of ether oxygens (including phenoxy) is 1. The summed E-state index contributed by atoms with van der Waals surface area (Å²) in [7, 11) is 0. The van der Waals surface area contributed by atoms with Crippen molar-refractivity contribution in [3.05, 3.63) is 100 Å². The average Bonchev–Trinajstić information content (AvgIpc) is 2.79. The molecule has 0 saturated heterocycles. The lowest BCUT2D eigenvalue weighted by atomic mass is 10.1. The van der Waals surface area contributed by atoms with E-state index in [1.807, 2.05) is 19.1 Å². The van der Waals surface area contributed by atoms with Crippen molar-refractivity contribution in [2.75, 3.05) is 6.54 Å². The van der Waals surface area contributed by atoms with Gasteiger partial charge in [-0.05, 0) is 73.2 Å². The first-order chi connectivity index (χ1) is 15.4. The summed E-state index contributed by atoms with van der Waals surface area (Å²) < 4.78 is 5.33. The number of amides is 2. The zero-order valence-corrected chi connectivity index (χ0v) is 17.9. The Bertz CT molecular complexity index is 1130. The predicted molar refractivity (Wildman–Crippen MR) is 122 cm³/mol. The van der Waals surface area contributed by atoms with Crippen molar-refractivity contribution in [1.29, 1.82) is 0 Å². The van der Waals surface area contributed by atoms with Crippen LogP contribution in [0.1, 0.15) is 31.8 Å². The molecule has 0 unspecified atom stereocenters. The van der Waals surface area contributed by atoms with Crippen LogP contribution in [0.15, 0.2) is 77.9 Å². The molecule has 3 aromatic rings. The predicted octanol–water partition coefficient (Wildman–Crippen LogP) is 3.75. The molecule has 3 aromatic carbocycles. The quantitative estimate of drug-likeness (QED) is 0.248. The molecular weight excluding hydrogens is 430 g/mol. The van der Waals surface area contributed by atoms with Crippen molar-refractivity contribution in [3.8, 4) is 5.75 Å². The summed E-state index contributed by atoms with van der Waals surface area (Å²) >= 11 is 5.78. The number of carbonyl (C=O) groups is 3. The molecule has 3 rings (SSSR count). The van der Waals surface area contributed by atoms with Crippen LogP contribution in [-0.2, 0) is 4.79 Å². The van der Waals surface area contributed by atoms with Crippen LogP contribution in [0.5, 0.6) is 5.75 Å². The van der Waals surface area contributed by atoms with Gasteiger partial charge in [-0.3, -0.25) is 9.59 Å². The molecule has 2 N–H and O–H groups in total. The summed E-state index contributed by atoms with van der Waals surface area (Å²) in [5.74, 6) is -0.926. The second-order valence-corrected chi connectivity index (χ2v) is 7.24. The summed E-state index contributed by atoms with van der Waals surface area (Å²) in [6, 6.07) is 20.0. The highest BCUT2D eigenvalue weighted by Crippen LogP contribution is 2.14. The largest absolute Gasteiger partial charge is 0.423 e. The van der Waals surface area contributed by atoms with Crippen LogP contribution in [0.2, 0.25) is 5.02 Å². The second kappa shape index (κ2) is 10.9. The minimum atomic E-state index is -0.479. The SMILES string of the molecule is Cc1ccc(C(=O)Oc2ccc(C=NNC(=O)CNC(=O)c3ccc(Cl)cc3)cc2)cc1. The molecule has 0 fully saturated rings. The Hall–Kier alpha value is -3.97. The first-order valence-corrected chi connectivity index (χ1v) is 10.0. The van der Waals surface area contributed by atoms with E-state index in [0.29, 0.717) is 27.5 Å². The number of rotatable bonds is 7. The van der Waals surface area contributed by atoms with Crippen molar-refractivity contribution in [3.63, 3.8) is 0 Å². The number of hydrazone groups is 1. The summed E-state index contributed by atoms with van der Waals surface area (Å²) in [5.41, 5.74) is 4.93. The number of nitrogens with one attached hydrogen (secondary N) is 2. The highest BCUT2D eigenvalue weighted by Gasteiger charge is 2.09. The molecule has 0 aliphatic rings. The summed E-state index contributed by atoms with van der Waals surface area (Å²) in [4.78, 5) is 35.9. The van der Waals surface area contributed by atoms with Gasteiger partial charge in [-0.1, -0.05) is 29.3 Å². The molecule has 0 aromatic heterocycles. The maximum atomic E-state index is 12.1. The molecule has 7 nitrogen and oxygen atoms in total. The average molecular weight is 450 g/mol. The van der Waals surface area contributed by atoms with E-state index in [9.17, 15) is 14.4 Å². The lowest BCUT2D eigenvalue weighted by Crippen LogP contribution is -2.34. The Balaban J connectivity index is 1.44. The Morgan fingerprint density at radius 1 is 0.906 bits per heavy atom. The topological polar surface area (TPSA) is 96.9 Å². The highest BCUT2D eigenvalue weighted by atomic mass is 35.5. The normalized spacial score (nSPS) is 10.6. The zero-order valence-electron chi connectivity index (χ0n) is 17.2. The molecule has 0 heterocycles. The fourth-order valence-corrected chi connectivity index (χ4v) is 2.69. The first kappa shape index (κ1) is 22.7. The second-order valence-electron chi connectivity index (χ2n) is 6.81. The van der Waals surface area contributed by atoms with E-state index in [1.54, 1.807) is 60.7 Å². The smallest absolute Gasteiger partial charge is 0.343 e. The zero-order chi connectivity index (χ0) is 22.9. The molecule has 0 saturated carbocycles. The van der Waals surface area contributed by atoms with E-state index in [0.717, 1.165) is 5.56 Å². The minimum absolute atomic E-state index is 0.229. The number of hydrogen-bond acceptors (Lipinski definition) is 5. The van der Waals surface area contributed by atoms with E-state index in [1.165, 1.54) is 6.21 Å². The number of halogens is 1. The molecule has 162 valence electrons. The molecule has 0 bridgehead atoms. The van der Waals surface area contributed by atoms with Crippen LogP contribution < -0.4 is 15.5 Å². The molecule has 8 heteroatoms. The van der Waals surface area contributed by atoms with Crippen LogP contribution in [0.25, 0.3) is 0 Å². The molecule has 0 radical (unpaired) electrons. The van der Waals surface area contributed by atoms with E-state index in [-0.39, 0.29) is 6.54 Å². The van der Waals surface area contributed by atoms with Gasteiger partial charge < -0.3 is 10.1 Å². The van der Waals surface area contributed by atoms with Crippen molar-refractivity contribution < 1.29 is 19.1 Å². The van der Waals surface area contributed by atoms with E-state index < -0.39 is 17.8 Å². The minimum Gasteiger partial charge on any atom is -0.423 e. The fraction of sp³-hybridized carbons (Fsp3) is 0.0833. The molecule has 32 heavy (non-hydrogen) atoms. The van der Waals surface area contributed by atoms with E-state index in [2.05, 4.69) is 15.8 Å². The van der Waals surface area contributed by atoms with E-state index in [4.69, 9.17) is 16.3 Å². The summed E-state index contributed by atoms with van der Waals surface area (Å²) in [6.07, 6.45) is 1.44. The van der Waals surface area contributed by atoms with Gasteiger partial charge in [-0.15, -0.1) is 0 Å². The third-order valence-corrected chi connectivity index (χ3v) is 4.55. The molecular formula is C24H20ClN3O4. The molecule has 0 aliphatic carbocycles. The van der Waals surface area contributed by atoms with Crippen molar-refractivity contribution >= 4 is 35.6 Å². The third-order valence-electron chi connectivity index (χ3n) is 4.30. The van der Waals surface area contributed by atoms with Crippen LogP contribution in [0, 0.1) is 6.92 Å². The van der Waals surface area contributed by atoms with E-state index >= 15 is 0 Å². The maximum Gasteiger partial charge on any atom is 0.343 e. The highest BCUT2D eigenvalue weighted by molar-refractivity contribution is 6.30. The lowest BCUT2D eigenvalue weighted by Gasteiger charge is -2.05. The van der Waals surface area contributed by atoms with Gasteiger partial charge in [0.05, 0.1) is 18.3 Å². The van der Waals surface area contributed by atoms with Crippen LogP contribution >= 0.6 is 11.6 Å². The maximum absolute atomic E-state index is 12.1. The Morgan fingerprint density at radius 2 is 1.53 bits per heavy atom. The number of aryl methyl sites for hydroxylation is 1. The summed E-state index contributed by atoms with van der Waals surface area (Å²) in [6.45, 7) is 1.71. The standard InChI is InChI=1S/C24H20ClN3O4/c1-16-2-6-19(7-3-16)24(31)32-21-12-4-17(5-13-21)14-27-28-22(29)15-26-23(30)18-8-10-20(25)11-9-18/h2-14H,15H2,1H3,(H,26,30)(H,28,29). The number of hydrogen-bond donors (Lipinski definition) is 2. The van der Waals surface area contributed by atoms with Gasteiger partial charge in [0.2, 0.25) is 0 Å². The third kappa shape index (κ3) is 6.78. The molecule has 0 spiro atoms. The van der Waals surface area contributed by atoms with Gasteiger partial charge in [0.15, 0.2) is 0 Å². The van der Waals surface area contributed by atoms with Gasteiger partial charge in [-0.2, -0.15) is 5.10 Å². The Labute approximate surface area is 190 Å². The van der Waals surface area contributed by atoms with Crippen molar-refractivity contribution in [2.24, 2.45) is 5.10 Å². The molecule has 2 amide bonds. The number of esters is 1. The molecule has 0 aliphatic heterocycles. The van der Waals surface area contributed by atoms with Crippen LogP contribution in [0.4, 0.5) is 0 Å². The fourth-order valence-electron chi connectivity index (χ4n) is 2.56. The van der Waals surface area contributed by atoms with Gasteiger partial charge in [-0.25, -0.2) is 10.2 Å². The van der Waals surface area contributed by atoms with Crippen LogP contribution in [-0.4, -0.2) is 30.5 Å². The summed E-state index contributed by atoms with van der Waals surface area (Å²) in [5, 5.41) is 6.86.